The molecule has 2 aromatic carbocycles. The summed E-state index contributed by atoms with van der Waals surface area (Å²) in [6.07, 6.45) is 6.52. The molecule has 0 unspecified atom stereocenters. The van der Waals surface area contributed by atoms with Gasteiger partial charge in [-0.2, -0.15) is 0 Å². The van der Waals surface area contributed by atoms with Crippen LogP contribution in [-0.4, -0.2) is 24.0 Å². The Hall–Kier alpha value is -1.60. The maximum Gasteiger partial charge on any atom is 0.0136 e. The van der Waals surface area contributed by atoms with E-state index in [0.29, 0.717) is 0 Å². The Balaban J connectivity index is 1.49. The lowest BCUT2D eigenvalue weighted by molar-refractivity contribution is 0.102. The number of hydrogen-bond donors (Lipinski definition) is 0. The van der Waals surface area contributed by atoms with Crippen molar-refractivity contribution in [3.63, 3.8) is 0 Å². The van der Waals surface area contributed by atoms with Crippen molar-refractivity contribution in [1.82, 2.24) is 4.90 Å². The number of hydrogen-bond acceptors (Lipinski definition) is 1. The van der Waals surface area contributed by atoms with E-state index in [1.807, 2.05) is 0 Å². The average molecular weight is 291 g/mol. The summed E-state index contributed by atoms with van der Waals surface area (Å²) in [6.45, 7) is 2.51. The van der Waals surface area contributed by atoms with Crippen LogP contribution < -0.4 is 0 Å². The summed E-state index contributed by atoms with van der Waals surface area (Å²) in [5, 5.41) is 0. The minimum atomic E-state index is 0.751. The Morgan fingerprint density at radius 1 is 0.818 bits per heavy atom. The molecule has 5 rings (SSSR count). The summed E-state index contributed by atoms with van der Waals surface area (Å²) in [5.74, 6) is 0.855. The number of rotatable bonds is 3. The van der Waals surface area contributed by atoms with E-state index in [9.17, 15) is 0 Å². The van der Waals surface area contributed by atoms with Crippen LogP contribution in [0.5, 0.6) is 0 Å². The molecule has 1 nitrogen and oxygen atoms in total. The zero-order valence-corrected chi connectivity index (χ0v) is 13.2. The molecule has 2 atom stereocenters. The molecule has 2 aliphatic heterocycles. The molecule has 0 aromatic heterocycles. The summed E-state index contributed by atoms with van der Waals surface area (Å²) < 4.78 is 0. The highest BCUT2D eigenvalue weighted by Gasteiger charge is 2.31. The lowest BCUT2D eigenvalue weighted by atomic mass is 9.80. The van der Waals surface area contributed by atoms with E-state index >= 15 is 0 Å². The molecule has 22 heavy (non-hydrogen) atoms. The topological polar surface area (TPSA) is 3.24 Å². The van der Waals surface area contributed by atoms with Crippen molar-refractivity contribution >= 4 is 0 Å². The molecule has 0 spiro atoms. The second kappa shape index (κ2) is 6.26. The Morgan fingerprint density at radius 3 is 2.36 bits per heavy atom. The van der Waals surface area contributed by atoms with Crippen molar-refractivity contribution in [2.75, 3.05) is 13.1 Å². The molecule has 1 saturated heterocycles. The molecule has 2 aromatic rings. The largest absolute Gasteiger partial charge is 0.299 e. The number of nitrogens with zero attached hydrogens (tertiary/aromatic N) is 1. The quantitative estimate of drug-likeness (QED) is 0.822. The van der Waals surface area contributed by atoms with Crippen LogP contribution in [-0.2, 0) is 19.3 Å². The minimum absolute atomic E-state index is 0.751. The van der Waals surface area contributed by atoms with E-state index in [4.69, 9.17) is 0 Å². The maximum absolute atomic E-state index is 2.77. The summed E-state index contributed by atoms with van der Waals surface area (Å²) in [4.78, 5) is 2.77. The van der Waals surface area contributed by atoms with Gasteiger partial charge >= 0.3 is 0 Å². The van der Waals surface area contributed by atoms with Gasteiger partial charge in [0.15, 0.2) is 0 Å². The van der Waals surface area contributed by atoms with Gasteiger partial charge in [-0.1, -0.05) is 54.6 Å². The number of fused-ring (bicyclic) bond motifs is 2. The van der Waals surface area contributed by atoms with E-state index in [1.54, 1.807) is 11.1 Å². The molecule has 0 saturated carbocycles. The highest BCUT2D eigenvalue weighted by molar-refractivity contribution is 5.30. The van der Waals surface area contributed by atoms with Crippen LogP contribution in [0.1, 0.15) is 29.5 Å². The predicted molar refractivity (Wildman–Crippen MR) is 92.1 cm³/mol. The highest BCUT2D eigenvalue weighted by Crippen LogP contribution is 2.32. The van der Waals surface area contributed by atoms with E-state index in [1.165, 1.54) is 50.8 Å². The summed E-state index contributed by atoms with van der Waals surface area (Å²) >= 11 is 0. The number of piperidine rings is 1. The molecule has 2 bridgehead atoms. The van der Waals surface area contributed by atoms with E-state index in [-0.39, 0.29) is 0 Å². The van der Waals surface area contributed by atoms with Crippen LogP contribution in [0, 0.1) is 5.92 Å². The molecule has 1 heteroatoms. The zero-order chi connectivity index (χ0) is 14.8. The van der Waals surface area contributed by atoms with Gasteiger partial charge in [-0.3, -0.25) is 4.90 Å². The van der Waals surface area contributed by atoms with Crippen LogP contribution >= 0.6 is 0 Å². The Bertz CT molecular complexity index is 619. The molecule has 3 aliphatic rings. The summed E-state index contributed by atoms with van der Waals surface area (Å²) in [5.41, 5.74) is 4.68. The Kier molecular flexibility index (Phi) is 3.99. The molecular formula is C21H25N. The molecule has 1 aliphatic carbocycles. The van der Waals surface area contributed by atoms with Gasteiger partial charge in [0.05, 0.1) is 0 Å². The van der Waals surface area contributed by atoms with Gasteiger partial charge in [0.1, 0.15) is 0 Å². The van der Waals surface area contributed by atoms with Crippen molar-refractivity contribution in [2.24, 2.45) is 5.92 Å². The van der Waals surface area contributed by atoms with Gasteiger partial charge in [-0.15, -0.1) is 0 Å². The highest BCUT2D eigenvalue weighted by atomic mass is 15.2. The van der Waals surface area contributed by atoms with Gasteiger partial charge < -0.3 is 0 Å². The second-order valence-corrected chi connectivity index (χ2v) is 7.00. The first kappa shape index (κ1) is 14.0. The van der Waals surface area contributed by atoms with Crippen molar-refractivity contribution in [3.05, 3.63) is 71.3 Å². The third kappa shape index (κ3) is 2.96. The van der Waals surface area contributed by atoms with Gasteiger partial charge in [-0.05, 0) is 54.7 Å². The van der Waals surface area contributed by atoms with Gasteiger partial charge in [0.2, 0.25) is 0 Å². The predicted octanol–water partition coefficient (Wildman–Crippen LogP) is 4.11. The first-order chi connectivity index (χ1) is 10.9. The zero-order valence-electron chi connectivity index (χ0n) is 13.2. The van der Waals surface area contributed by atoms with Gasteiger partial charge in [0, 0.05) is 19.1 Å². The van der Waals surface area contributed by atoms with Crippen LogP contribution in [0.4, 0.5) is 0 Å². The van der Waals surface area contributed by atoms with Crippen LogP contribution in [0.25, 0.3) is 0 Å². The van der Waals surface area contributed by atoms with E-state index in [0.717, 1.165) is 12.0 Å². The lowest BCUT2D eigenvalue weighted by Gasteiger charge is -2.42. The Morgan fingerprint density at radius 2 is 1.55 bits per heavy atom. The van der Waals surface area contributed by atoms with Crippen molar-refractivity contribution in [1.29, 1.82) is 0 Å². The molecule has 1 fully saturated rings. The minimum Gasteiger partial charge on any atom is -0.299 e. The van der Waals surface area contributed by atoms with Crippen molar-refractivity contribution in [3.8, 4) is 0 Å². The van der Waals surface area contributed by atoms with Gasteiger partial charge in [-0.25, -0.2) is 0 Å². The Labute approximate surface area is 134 Å². The first-order valence-corrected chi connectivity index (χ1v) is 8.73. The smallest absolute Gasteiger partial charge is 0.0136 e. The summed E-state index contributed by atoms with van der Waals surface area (Å²) in [7, 11) is 0. The molecule has 2 heterocycles. The number of benzene rings is 2. The lowest BCUT2D eigenvalue weighted by Crippen LogP contribution is -2.47. The van der Waals surface area contributed by atoms with Crippen molar-refractivity contribution in [2.45, 2.75) is 38.1 Å². The van der Waals surface area contributed by atoms with Crippen LogP contribution in [0.15, 0.2) is 54.6 Å². The third-order valence-electron chi connectivity index (χ3n) is 5.53. The fourth-order valence-electron chi connectivity index (χ4n) is 4.29. The van der Waals surface area contributed by atoms with E-state index in [2.05, 4.69) is 59.5 Å². The van der Waals surface area contributed by atoms with Crippen LogP contribution in [0.3, 0.4) is 0 Å². The van der Waals surface area contributed by atoms with Crippen LogP contribution in [0.2, 0.25) is 0 Å². The molecule has 0 N–H and O–H groups in total. The molecule has 114 valence electrons. The van der Waals surface area contributed by atoms with Crippen molar-refractivity contribution < 1.29 is 0 Å². The summed E-state index contributed by atoms with van der Waals surface area (Å²) in [6, 6.07) is 20.8. The molecular weight excluding hydrogens is 266 g/mol. The monoisotopic (exact) mass is 291 g/mol. The third-order valence-corrected chi connectivity index (χ3v) is 5.53. The standard InChI is InChI=1S/C21H25N/c1-2-6-17(7-3-1)12-13-22-16-18-10-11-21(22)15-20-9-5-4-8-19(20)14-18/h1-9,18,21H,10-16H2/t18-,21+/m0/s1. The first-order valence-electron chi connectivity index (χ1n) is 8.73. The normalized spacial score (nSPS) is 24.5. The average Bonchev–Trinajstić information content (AvgIpc) is 2.54. The van der Waals surface area contributed by atoms with Gasteiger partial charge in [0.25, 0.3) is 0 Å². The fraction of sp³-hybridized carbons (Fsp3) is 0.429. The second-order valence-electron chi connectivity index (χ2n) is 7.00. The maximum atomic E-state index is 2.77. The molecule has 0 amide bonds. The SMILES string of the molecule is c1ccc(CCN2C[C@H]3CC[C@@H]2Cc2ccccc2C3)cc1. The fourth-order valence-corrected chi connectivity index (χ4v) is 4.29. The van der Waals surface area contributed by atoms with E-state index < -0.39 is 0 Å². The molecule has 0 radical (unpaired) electrons.